The predicted octanol–water partition coefficient (Wildman–Crippen LogP) is 5.41. The molecule has 3 nitrogen and oxygen atoms in total. The smallest absolute Gasteiger partial charge is 0.312 e. The second-order valence-electron chi connectivity index (χ2n) is 6.32. The lowest BCUT2D eigenvalue weighted by atomic mass is 9.98. The molecule has 1 aromatic carbocycles. The number of amides is 1. The SMILES string of the molecule is O=C(Cc1csc(-c2ccsc2)n1)N1CCCc2cc(C(F)(F)F)ccc21. The van der Waals surface area contributed by atoms with Gasteiger partial charge in [-0.2, -0.15) is 24.5 Å². The van der Waals surface area contributed by atoms with Crippen molar-refractivity contribution in [1.82, 2.24) is 4.98 Å². The quantitative estimate of drug-likeness (QED) is 0.580. The van der Waals surface area contributed by atoms with Crippen LogP contribution >= 0.6 is 22.7 Å². The maximum absolute atomic E-state index is 12.9. The number of hydrogen-bond acceptors (Lipinski definition) is 4. The van der Waals surface area contributed by atoms with E-state index >= 15 is 0 Å². The number of benzene rings is 1. The molecule has 8 heteroatoms. The summed E-state index contributed by atoms with van der Waals surface area (Å²) in [5, 5.41) is 6.71. The third-order valence-corrected chi connectivity index (χ3v) is 6.10. The van der Waals surface area contributed by atoms with Gasteiger partial charge >= 0.3 is 6.18 Å². The molecule has 2 aromatic heterocycles. The third-order valence-electron chi connectivity index (χ3n) is 4.48. The monoisotopic (exact) mass is 408 g/mol. The molecule has 0 bridgehead atoms. The number of nitrogens with zero attached hydrogens (tertiary/aromatic N) is 2. The summed E-state index contributed by atoms with van der Waals surface area (Å²) >= 11 is 3.07. The zero-order valence-corrected chi connectivity index (χ0v) is 15.8. The average Bonchev–Trinajstić information content (AvgIpc) is 3.31. The lowest BCUT2D eigenvalue weighted by molar-refractivity contribution is -0.137. The minimum Gasteiger partial charge on any atom is -0.312 e. The summed E-state index contributed by atoms with van der Waals surface area (Å²) in [7, 11) is 0. The first-order valence-corrected chi connectivity index (χ1v) is 10.2. The molecule has 1 amide bonds. The number of alkyl halides is 3. The van der Waals surface area contributed by atoms with Crippen molar-refractivity contribution in [2.45, 2.75) is 25.4 Å². The van der Waals surface area contributed by atoms with Crippen LogP contribution in [-0.4, -0.2) is 17.4 Å². The molecule has 3 aromatic rings. The van der Waals surface area contributed by atoms with E-state index in [-0.39, 0.29) is 12.3 Å². The molecule has 140 valence electrons. The standard InChI is InChI=1S/C19H15F3N2OS2/c20-19(21,22)14-3-4-16-12(8-14)2-1-6-24(16)17(25)9-15-11-27-18(23-15)13-5-7-26-10-13/h3-5,7-8,10-11H,1-2,6,9H2. The van der Waals surface area contributed by atoms with E-state index in [4.69, 9.17) is 0 Å². The maximum Gasteiger partial charge on any atom is 0.416 e. The van der Waals surface area contributed by atoms with Crippen LogP contribution in [0.25, 0.3) is 10.6 Å². The van der Waals surface area contributed by atoms with Gasteiger partial charge in [-0.25, -0.2) is 4.98 Å². The topological polar surface area (TPSA) is 33.2 Å². The van der Waals surface area contributed by atoms with Crippen molar-refractivity contribution in [2.24, 2.45) is 0 Å². The normalized spacial score (nSPS) is 14.3. The fraction of sp³-hybridized carbons (Fsp3) is 0.263. The van der Waals surface area contributed by atoms with Gasteiger partial charge in [0, 0.05) is 28.6 Å². The zero-order valence-electron chi connectivity index (χ0n) is 14.1. The Bertz CT molecular complexity index is 964. The van der Waals surface area contributed by atoms with Crippen LogP contribution in [0, 0.1) is 0 Å². The summed E-state index contributed by atoms with van der Waals surface area (Å²) in [6, 6.07) is 5.59. The Labute approximate surface area is 162 Å². The average molecular weight is 408 g/mol. The molecule has 0 radical (unpaired) electrons. The number of thiophene rings is 1. The van der Waals surface area contributed by atoms with Gasteiger partial charge in [0.2, 0.25) is 5.91 Å². The van der Waals surface area contributed by atoms with Crippen LogP contribution < -0.4 is 4.90 Å². The maximum atomic E-state index is 12.9. The Hall–Kier alpha value is -2.19. The zero-order chi connectivity index (χ0) is 19.0. The number of rotatable bonds is 3. The Balaban J connectivity index is 1.54. The second-order valence-corrected chi connectivity index (χ2v) is 7.96. The molecular weight excluding hydrogens is 393 g/mol. The number of hydrogen-bond donors (Lipinski definition) is 0. The van der Waals surface area contributed by atoms with E-state index in [0.717, 1.165) is 22.7 Å². The molecule has 3 heterocycles. The Kier molecular flexibility index (Phi) is 4.77. The van der Waals surface area contributed by atoms with Crippen molar-refractivity contribution in [1.29, 1.82) is 0 Å². The van der Waals surface area contributed by atoms with Crippen molar-refractivity contribution >= 4 is 34.3 Å². The van der Waals surface area contributed by atoms with Crippen molar-refractivity contribution in [2.75, 3.05) is 11.4 Å². The van der Waals surface area contributed by atoms with E-state index in [9.17, 15) is 18.0 Å². The first-order chi connectivity index (χ1) is 12.9. The van der Waals surface area contributed by atoms with Crippen LogP contribution in [0.4, 0.5) is 18.9 Å². The molecule has 4 rings (SSSR count). The highest BCUT2D eigenvalue weighted by Gasteiger charge is 2.32. The number of carbonyl (C=O) groups excluding carboxylic acids is 1. The number of carbonyl (C=O) groups is 1. The number of anilines is 1. The van der Waals surface area contributed by atoms with E-state index in [0.29, 0.717) is 36.3 Å². The fourth-order valence-electron chi connectivity index (χ4n) is 3.19. The molecule has 0 atom stereocenters. The lowest BCUT2D eigenvalue weighted by Crippen LogP contribution is -2.36. The van der Waals surface area contributed by atoms with Gasteiger partial charge in [0.05, 0.1) is 17.7 Å². The van der Waals surface area contributed by atoms with Crippen molar-refractivity contribution in [3.63, 3.8) is 0 Å². The molecule has 1 aliphatic heterocycles. The van der Waals surface area contributed by atoms with Crippen molar-refractivity contribution < 1.29 is 18.0 Å². The number of aryl methyl sites for hydroxylation is 1. The van der Waals surface area contributed by atoms with E-state index in [1.165, 1.54) is 17.4 Å². The highest BCUT2D eigenvalue weighted by Crippen LogP contribution is 2.35. The van der Waals surface area contributed by atoms with Gasteiger partial charge in [-0.1, -0.05) is 0 Å². The Morgan fingerprint density at radius 1 is 1.22 bits per heavy atom. The fourth-order valence-corrected chi connectivity index (χ4v) is 4.72. The van der Waals surface area contributed by atoms with E-state index in [1.807, 2.05) is 22.2 Å². The van der Waals surface area contributed by atoms with Crippen LogP contribution in [0.5, 0.6) is 0 Å². The third kappa shape index (κ3) is 3.77. The molecule has 0 fully saturated rings. The summed E-state index contributed by atoms with van der Waals surface area (Å²) in [6.45, 7) is 0.513. The van der Waals surface area contributed by atoms with Crippen molar-refractivity contribution in [3.8, 4) is 10.6 Å². The highest BCUT2D eigenvalue weighted by atomic mass is 32.1. The number of aromatic nitrogens is 1. The predicted molar refractivity (Wildman–Crippen MR) is 101 cm³/mol. The summed E-state index contributed by atoms with van der Waals surface area (Å²) in [5.41, 5.74) is 2.20. The molecule has 0 saturated heterocycles. The molecule has 0 spiro atoms. The van der Waals surface area contributed by atoms with Gasteiger partial charge in [0.15, 0.2) is 0 Å². The van der Waals surface area contributed by atoms with Crippen LogP contribution in [0.15, 0.2) is 40.4 Å². The first-order valence-electron chi connectivity index (χ1n) is 8.39. The first kappa shape index (κ1) is 18.2. The largest absolute Gasteiger partial charge is 0.416 e. The van der Waals surface area contributed by atoms with Crippen molar-refractivity contribution in [3.05, 3.63) is 57.2 Å². The van der Waals surface area contributed by atoms with E-state index in [2.05, 4.69) is 4.98 Å². The number of fused-ring (bicyclic) bond motifs is 1. The van der Waals surface area contributed by atoms with Gasteiger partial charge in [0.25, 0.3) is 0 Å². The lowest BCUT2D eigenvalue weighted by Gasteiger charge is -2.30. The number of thiazole rings is 1. The number of halogens is 3. The molecule has 0 aliphatic carbocycles. The van der Waals surface area contributed by atoms with Crippen LogP contribution in [0.3, 0.4) is 0 Å². The molecule has 0 saturated carbocycles. The molecular formula is C19H15F3N2OS2. The van der Waals surface area contributed by atoms with Gasteiger partial charge in [0.1, 0.15) is 5.01 Å². The van der Waals surface area contributed by atoms with Gasteiger partial charge in [-0.15, -0.1) is 11.3 Å². The van der Waals surface area contributed by atoms with Gasteiger partial charge in [-0.3, -0.25) is 4.79 Å². The Morgan fingerprint density at radius 3 is 2.81 bits per heavy atom. The van der Waals surface area contributed by atoms with Crippen LogP contribution in [0.1, 0.15) is 23.2 Å². The molecule has 0 N–H and O–H groups in total. The van der Waals surface area contributed by atoms with Gasteiger partial charge < -0.3 is 4.90 Å². The second kappa shape index (κ2) is 7.09. The summed E-state index contributed by atoms with van der Waals surface area (Å²) in [6.07, 6.45) is -3.04. The van der Waals surface area contributed by atoms with Crippen LogP contribution in [0.2, 0.25) is 0 Å². The summed E-state index contributed by atoms with van der Waals surface area (Å²) in [4.78, 5) is 18.9. The van der Waals surface area contributed by atoms with E-state index in [1.54, 1.807) is 16.2 Å². The van der Waals surface area contributed by atoms with Gasteiger partial charge in [-0.05, 0) is 48.1 Å². The molecule has 0 unspecified atom stereocenters. The minimum absolute atomic E-state index is 0.140. The van der Waals surface area contributed by atoms with Crippen LogP contribution in [-0.2, 0) is 23.8 Å². The summed E-state index contributed by atoms with van der Waals surface area (Å²) in [5.74, 6) is -0.141. The highest BCUT2D eigenvalue weighted by molar-refractivity contribution is 7.14. The van der Waals surface area contributed by atoms with E-state index < -0.39 is 11.7 Å². The molecule has 1 aliphatic rings. The summed E-state index contributed by atoms with van der Waals surface area (Å²) < 4.78 is 38.8. The molecule has 27 heavy (non-hydrogen) atoms. The Morgan fingerprint density at radius 2 is 2.07 bits per heavy atom. The minimum atomic E-state index is -4.38.